The van der Waals surface area contributed by atoms with Gasteiger partial charge >= 0.3 is 0 Å². The summed E-state index contributed by atoms with van der Waals surface area (Å²) in [4.78, 5) is 20.4. The van der Waals surface area contributed by atoms with Gasteiger partial charge in [-0.05, 0) is 24.1 Å². The zero-order valence-corrected chi connectivity index (χ0v) is 17.7. The van der Waals surface area contributed by atoms with Crippen LogP contribution in [-0.4, -0.2) is 53.4 Å². The minimum absolute atomic E-state index is 0.135. The number of amides is 1. The summed E-state index contributed by atoms with van der Waals surface area (Å²) in [5.74, 6) is -0.218. The number of imidazole rings is 1. The lowest BCUT2D eigenvalue weighted by atomic mass is 9.96. The number of nitrogens with one attached hydrogen (secondary N) is 3. The monoisotopic (exact) mass is 418 g/mol. The van der Waals surface area contributed by atoms with Crippen molar-refractivity contribution in [2.45, 2.75) is 50.8 Å². The van der Waals surface area contributed by atoms with Crippen LogP contribution in [0.25, 0.3) is 0 Å². The first-order valence-electron chi connectivity index (χ1n) is 10.4. The van der Waals surface area contributed by atoms with Crippen LogP contribution >= 0.6 is 0 Å². The molecule has 3 rings (SSSR count). The molecule has 8 heteroatoms. The summed E-state index contributed by atoms with van der Waals surface area (Å²) in [5.41, 5.74) is 1.75. The summed E-state index contributed by atoms with van der Waals surface area (Å²) in [6.45, 7) is 5.42. The highest BCUT2D eigenvalue weighted by Crippen LogP contribution is 2.39. The number of carbonyl (C=O) groups is 1. The maximum Gasteiger partial charge on any atom is 0.225 e. The van der Waals surface area contributed by atoms with Crippen molar-refractivity contribution in [1.82, 2.24) is 20.6 Å². The van der Waals surface area contributed by atoms with Gasteiger partial charge in [-0.1, -0.05) is 26.0 Å². The van der Waals surface area contributed by atoms with Crippen molar-refractivity contribution in [3.8, 4) is 0 Å². The number of carbonyl (C=O) groups excluding carboxylic acids is 1. The molecule has 7 nitrogen and oxygen atoms in total. The number of aromatic amines is 1. The van der Waals surface area contributed by atoms with Crippen LogP contribution in [0.1, 0.15) is 49.2 Å². The Morgan fingerprint density at radius 3 is 2.73 bits per heavy atom. The predicted octanol–water partition coefficient (Wildman–Crippen LogP) is 2.06. The van der Waals surface area contributed by atoms with Gasteiger partial charge in [0.15, 0.2) is 0 Å². The second-order valence-electron chi connectivity index (χ2n) is 8.13. The zero-order valence-electron chi connectivity index (χ0n) is 17.7. The molecule has 1 aliphatic carbocycles. The van der Waals surface area contributed by atoms with Crippen molar-refractivity contribution < 1.29 is 19.0 Å². The third-order valence-corrected chi connectivity index (χ3v) is 5.67. The molecule has 2 aromatic rings. The van der Waals surface area contributed by atoms with Gasteiger partial charge in [-0.25, -0.2) is 9.37 Å². The van der Waals surface area contributed by atoms with E-state index >= 15 is 0 Å². The van der Waals surface area contributed by atoms with Gasteiger partial charge in [0.25, 0.3) is 0 Å². The van der Waals surface area contributed by atoms with E-state index in [1.54, 1.807) is 25.4 Å². The summed E-state index contributed by atoms with van der Waals surface area (Å²) in [6, 6.07) is 6.17. The van der Waals surface area contributed by atoms with Gasteiger partial charge in [0.2, 0.25) is 5.91 Å². The minimum atomic E-state index is -0.848. The number of rotatable bonds is 9. The number of aliphatic hydroxyl groups excluding tert-OH is 1. The average Bonchev–Trinajstić information content (AvgIpc) is 3.32. The SMILES string of the molecule is COCCNC(=O)[C@H]1C[C@@H](NCc2ccc(F)cc2)[C@H](c2cnc(C(C)C)[nH]2)[C@@H]1O. The van der Waals surface area contributed by atoms with E-state index in [1.807, 2.05) is 13.8 Å². The number of ether oxygens (including phenoxy) is 1. The average molecular weight is 419 g/mol. The van der Waals surface area contributed by atoms with Gasteiger partial charge < -0.3 is 25.5 Å². The molecule has 0 spiro atoms. The number of methoxy groups -OCH3 is 1. The van der Waals surface area contributed by atoms with E-state index in [0.717, 1.165) is 17.1 Å². The second kappa shape index (κ2) is 10.1. The molecular weight excluding hydrogens is 387 g/mol. The largest absolute Gasteiger partial charge is 0.392 e. The Morgan fingerprint density at radius 2 is 2.10 bits per heavy atom. The number of aliphatic hydroxyl groups is 1. The number of H-pyrrole nitrogens is 1. The first-order valence-corrected chi connectivity index (χ1v) is 10.4. The quantitative estimate of drug-likeness (QED) is 0.467. The Balaban J connectivity index is 1.76. The number of hydrogen-bond acceptors (Lipinski definition) is 5. The van der Waals surface area contributed by atoms with Crippen LogP contribution in [0, 0.1) is 11.7 Å². The smallest absolute Gasteiger partial charge is 0.225 e. The molecule has 0 radical (unpaired) electrons. The Hall–Kier alpha value is -2.29. The Morgan fingerprint density at radius 1 is 1.37 bits per heavy atom. The van der Waals surface area contributed by atoms with Gasteiger partial charge in [-0.3, -0.25) is 4.79 Å². The van der Waals surface area contributed by atoms with E-state index in [1.165, 1.54) is 12.1 Å². The van der Waals surface area contributed by atoms with Crippen LogP contribution in [0.5, 0.6) is 0 Å². The third kappa shape index (κ3) is 5.24. The van der Waals surface area contributed by atoms with Crippen molar-refractivity contribution in [3.63, 3.8) is 0 Å². The molecule has 1 fully saturated rings. The Kier molecular flexibility index (Phi) is 7.58. The molecule has 4 N–H and O–H groups in total. The molecule has 30 heavy (non-hydrogen) atoms. The lowest BCUT2D eigenvalue weighted by molar-refractivity contribution is -0.127. The van der Waals surface area contributed by atoms with Crippen molar-refractivity contribution in [2.24, 2.45) is 5.92 Å². The first kappa shape index (κ1) is 22.4. The van der Waals surface area contributed by atoms with E-state index < -0.39 is 12.0 Å². The first-order chi connectivity index (χ1) is 14.4. The zero-order chi connectivity index (χ0) is 21.7. The van der Waals surface area contributed by atoms with Crippen LogP contribution < -0.4 is 10.6 Å². The molecule has 1 aliphatic rings. The van der Waals surface area contributed by atoms with Gasteiger partial charge in [-0.15, -0.1) is 0 Å². The fourth-order valence-corrected chi connectivity index (χ4v) is 3.99. The van der Waals surface area contributed by atoms with Crippen molar-refractivity contribution >= 4 is 5.91 Å². The molecule has 4 atom stereocenters. The summed E-state index contributed by atoms with van der Waals surface area (Å²) in [6.07, 6.45) is 1.39. The number of nitrogens with zero attached hydrogens (tertiary/aromatic N) is 1. The van der Waals surface area contributed by atoms with Crippen LogP contribution in [-0.2, 0) is 16.1 Å². The highest BCUT2D eigenvalue weighted by Gasteiger charge is 2.47. The number of aromatic nitrogens is 2. The number of benzene rings is 1. The molecule has 1 amide bonds. The summed E-state index contributed by atoms with van der Waals surface area (Å²) in [7, 11) is 1.58. The fourth-order valence-electron chi connectivity index (χ4n) is 3.99. The molecule has 0 aliphatic heterocycles. The van der Waals surface area contributed by atoms with Gasteiger partial charge in [-0.2, -0.15) is 0 Å². The molecular formula is C22H31FN4O3. The lowest BCUT2D eigenvalue weighted by Crippen LogP contribution is -2.37. The summed E-state index contributed by atoms with van der Waals surface area (Å²) in [5, 5.41) is 17.3. The Labute approximate surface area is 176 Å². The van der Waals surface area contributed by atoms with Crippen LogP contribution in [0.2, 0.25) is 0 Å². The molecule has 0 saturated heterocycles. The van der Waals surface area contributed by atoms with E-state index in [2.05, 4.69) is 20.6 Å². The number of hydrogen-bond donors (Lipinski definition) is 4. The maximum absolute atomic E-state index is 13.2. The lowest BCUT2D eigenvalue weighted by Gasteiger charge is -2.22. The van der Waals surface area contributed by atoms with Gasteiger partial charge in [0.1, 0.15) is 11.6 Å². The maximum atomic E-state index is 13.2. The fraction of sp³-hybridized carbons (Fsp3) is 0.545. The third-order valence-electron chi connectivity index (χ3n) is 5.67. The second-order valence-corrected chi connectivity index (χ2v) is 8.13. The van der Waals surface area contributed by atoms with Crippen molar-refractivity contribution in [3.05, 3.63) is 53.4 Å². The van der Waals surface area contributed by atoms with Gasteiger partial charge in [0.05, 0.1) is 18.6 Å². The number of halogens is 1. The van der Waals surface area contributed by atoms with Crippen LogP contribution in [0.4, 0.5) is 4.39 Å². The van der Waals surface area contributed by atoms with Gasteiger partial charge in [0, 0.05) is 50.0 Å². The highest BCUT2D eigenvalue weighted by molar-refractivity contribution is 5.80. The van der Waals surface area contributed by atoms with E-state index in [-0.39, 0.29) is 29.6 Å². The summed E-state index contributed by atoms with van der Waals surface area (Å²) < 4.78 is 18.2. The normalized spacial score (nSPS) is 23.8. The molecule has 164 valence electrons. The molecule has 1 aromatic carbocycles. The van der Waals surface area contributed by atoms with E-state index in [9.17, 15) is 14.3 Å². The highest BCUT2D eigenvalue weighted by atomic mass is 19.1. The minimum Gasteiger partial charge on any atom is -0.392 e. The van der Waals surface area contributed by atoms with E-state index in [0.29, 0.717) is 26.1 Å². The molecule has 1 saturated carbocycles. The molecule has 0 unspecified atom stereocenters. The topological polar surface area (TPSA) is 99.3 Å². The Bertz CT molecular complexity index is 824. The van der Waals surface area contributed by atoms with Crippen LogP contribution in [0.15, 0.2) is 30.5 Å². The summed E-state index contributed by atoms with van der Waals surface area (Å²) >= 11 is 0. The van der Waals surface area contributed by atoms with Crippen molar-refractivity contribution in [2.75, 3.05) is 20.3 Å². The van der Waals surface area contributed by atoms with Crippen LogP contribution in [0.3, 0.4) is 0 Å². The molecule has 1 heterocycles. The molecule has 1 aromatic heterocycles. The van der Waals surface area contributed by atoms with Crippen molar-refractivity contribution in [1.29, 1.82) is 0 Å². The van der Waals surface area contributed by atoms with E-state index in [4.69, 9.17) is 4.74 Å². The predicted molar refractivity (Wildman–Crippen MR) is 111 cm³/mol. The molecule has 0 bridgehead atoms. The standard InChI is InChI=1S/C22H31FN4O3/c1-13(2)21-26-12-18(27-21)19-17(25-11-14-4-6-15(23)7-5-14)10-16(20(19)28)22(29)24-8-9-30-3/h4-7,12-13,16-17,19-20,25,28H,8-11H2,1-3H3,(H,24,29)(H,26,27)/t16-,17+,19+,20+/m0/s1.